The van der Waals surface area contributed by atoms with Crippen LogP contribution in [-0.4, -0.2) is 85.9 Å². The number of carbonyl (C=O) groups is 1. The predicted octanol–water partition coefficient (Wildman–Crippen LogP) is 0.392. The number of ether oxygens (including phenoxy) is 1. The number of nitrogens with zero attached hydrogens (tertiary/aromatic N) is 2. The number of amides is 1. The maximum absolute atomic E-state index is 13.5. The number of hydrogen-bond acceptors (Lipinski definition) is 6. The summed E-state index contributed by atoms with van der Waals surface area (Å²) in [6.07, 6.45) is -0.638. The molecule has 1 saturated heterocycles. The average molecular weight is 408 g/mol. The minimum absolute atomic E-state index is 0.0436. The first-order chi connectivity index (χ1) is 11.0. The van der Waals surface area contributed by atoms with Crippen molar-refractivity contribution < 1.29 is 39.7 Å². The average Bonchev–Trinajstić information content (AvgIpc) is 2.32. The van der Waals surface area contributed by atoms with Gasteiger partial charge in [-0.3, -0.25) is 4.55 Å². The van der Waals surface area contributed by atoms with Gasteiger partial charge in [0.1, 0.15) is 17.1 Å². The Morgan fingerprint density at radius 3 is 1.92 bits per heavy atom. The van der Waals surface area contributed by atoms with E-state index in [2.05, 4.69) is 0 Å². The van der Waals surface area contributed by atoms with Crippen molar-refractivity contribution >= 4 is 26.2 Å². The molecule has 1 N–H and O–H groups in total. The molecule has 148 valence electrons. The molecule has 1 heterocycles. The fraction of sp³-hybridized carbons (Fsp3) is 0.917. The minimum Gasteiger partial charge on any atom is -0.444 e. The van der Waals surface area contributed by atoms with Crippen LogP contribution in [0.1, 0.15) is 20.8 Å². The van der Waals surface area contributed by atoms with Crippen LogP contribution in [0.15, 0.2) is 0 Å². The summed E-state index contributed by atoms with van der Waals surface area (Å²) >= 11 is 0. The Balaban J connectivity index is 2.68. The molecular weight excluding hydrogens is 386 g/mol. The Morgan fingerprint density at radius 1 is 1.04 bits per heavy atom. The highest BCUT2D eigenvalue weighted by Gasteiger charge is 2.43. The number of hydrogen-bond donors (Lipinski definition) is 1. The molecule has 25 heavy (non-hydrogen) atoms. The topological polar surface area (TPSA) is 121 Å². The maximum atomic E-state index is 13.5. The zero-order chi connectivity index (χ0) is 19.7. The largest absolute Gasteiger partial charge is 0.444 e. The maximum Gasteiger partial charge on any atom is 0.410 e. The first-order valence-electron chi connectivity index (χ1n) is 7.30. The van der Waals surface area contributed by atoms with E-state index >= 15 is 0 Å². The van der Waals surface area contributed by atoms with Gasteiger partial charge < -0.3 is 9.64 Å². The van der Waals surface area contributed by atoms with E-state index in [0.29, 0.717) is 0 Å². The molecule has 1 fully saturated rings. The van der Waals surface area contributed by atoms with Gasteiger partial charge in [-0.15, -0.1) is 0 Å². The summed E-state index contributed by atoms with van der Waals surface area (Å²) < 4.78 is 86.6. The molecule has 0 unspecified atom stereocenters. The number of piperazine rings is 1. The van der Waals surface area contributed by atoms with Crippen LogP contribution in [0.25, 0.3) is 0 Å². The lowest BCUT2D eigenvalue weighted by atomic mass is 10.2. The molecule has 0 spiro atoms. The first kappa shape index (κ1) is 22.0. The molecule has 1 rings (SSSR count). The molecule has 9 nitrogen and oxygen atoms in total. The highest BCUT2D eigenvalue weighted by atomic mass is 32.2. The Hall–Kier alpha value is -1.05. The van der Waals surface area contributed by atoms with E-state index in [1.165, 1.54) is 4.90 Å². The van der Waals surface area contributed by atoms with Crippen LogP contribution in [0.4, 0.5) is 13.6 Å². The molecule has 0 aliphatic carbocycles. The summed E-state index contributed by atoms with van der Waals surface area (Å²) in [7, 11) is -9.49. The molecule has 13 heteroatoms. The van der Waals surface area contributed by atoms with E-state index in [4.69, 9.17) is 9.29 Å². The monoisotopic (exact) mass is 408 g/mol. The zero-order valence-corrected chi connectivity index (χ0v) is 15.7. The van der Waals surface area contributed by atoms with Crippen molar-refractivity contribution in [2.45, 2.75) is 32.3 Å². The summed E-state index contributed by atoms with van der Waals surface area (Å²) in [6.45, 7) is 4.48. The van der Waals surface area contributed by atoms with E-state index in [1.54, 1.807) is 20.8 Å². The fourth-order valence-corrected chi connectivity index (χ4v) is 4.44. The Labute approximate surface area is 145 Å². The minimum atomic E-state index is -5.02. The third-order valence-electron chi connectivity index (χ3n) is 3.07. The van der Waals surface area contributed by atoms with Crippen LogP contribution < -0.4 is 0 Å². The van der Waals surface area contributed by atoms with Gasteiger partial charge in [0, 0.05) is 26.2 Å². The smallest absolute Gasteiger partial charge is 0.410 e. The van der Waals surface area contributed by atoms with Gasteiger partial charge in [-0.2, -0.15) is 12.7 Å². The fourth-order valence-electron chi connectivity index (χ4n) is 2.14. The summed E-state index contributed by atoms with van der Waals surface area (Å²) in [5, 5.41) is 0. The van der Waals surface area contributed by atoms with Gasteiger partial charge in [-0.25, -0.2) is 22.0 Å². The summed E-state index contributed by atoms with van der Waals surface area (Å²) in [5.74, 6) is -7.85. The number of rotatable bonds is 5. The number of sulfonamides is 1. The van der Waals surface area contributed by atoms with Crippen molar-refractivity contribution in [2.24, 2.45) is 0 Å². The lowest BCUT2D eigenvalue weighted by Crippen LogP contribution is -2.53. The lowest BCUT2D eigenvalue weighted by molar-refractivity contribution is 0.0184. The van der Waals surface area contributed by atoms with Crippen LogP contribution in [0, 0.1) is 0 Å². The van der Waals surface area contributed by atoms with E-state index in [9.17, 15) is 30.4 Å². The van der Waals surface area contributed by atoms with Crippen molar-refractivity contribution in [3.63, 3.8) is 0 Å². The van der Waals surface area contributed by atoms with Crippen molar-refractivity contribution in [3.05, 3.63) is 0 Å². The van der Waals surface area contributed by atoms with Crippen LogP contribution in [0.5, 0.6) is 0 Å². The molecule has 0 saturated carbocycles. The van der Waals surface area contributed by atoms with E-state index in [-0.39, 0.29) is 26.2 Å². The van der Waals surface area contributed by atoms with Crippen molar-refractivity contribution in [2.75, 3.05) is 37.7 Å². The van der Waals surface area contributed by atoms with Crippen LogP contribution in [0.3, 0.4) is 0 Å². The number of carbonyl (C=O) groups excluding carboxylic acids is 1. The molecule has 1 aliphatic heterocycles. The summed E-state index contributed by atoms with van der Waals surface area (Å²) in [4.78, 5) is 13.1. The SMILES string of the molecule is CC(C)(C)OC(=O)N1CCN(S(=O)(=O)CC(F)(F)CS(=O)(=O)O)CC1. The van der Waals surface area contributed by atoms with Gasteiger partial charge in [-0.05, 0) is 20.8 Å². The molecule has 1 amide bonds. The molecule has 0 aromatic carbocycles. The first-order valence-corrected chi connectivity index (χ1v) is 10.5. The molecule has 0 aromatic rings. The van der Waals surface area contributed by atoms with Crippen molar-refractivity contribution in [1.82, 2.24) is 9.21 Å². The van der Waals surface area contributed by atoms with Gasteiger partial charge >= 0.3 is 6.09 Å². The Kier molecular flexibility index (Phi) is 6.41. The van der Waals surface area contributed by atoms with Crippen LogP contribution in [-0.2, 0) is 24.9 Å². The molecule has 0 aromatic heterocycles. The van der Waals surface area contributed by atoms with Crippen LogP contribution in [0.2, 0.25) is 0 Å². The number of halogens is 2. The second kappa shape index (κ2) is 7.29. The third kappa shape index (κ3) is 7.79. The molecule has 0 atom stereocenters. The Morgan fingerprint density at radius 2 is 1.52 bits per heavy atom. The number of alkyl halides is 2. The van der Waals surface area contributed by atoms with E-state index in [1.807, 2.05) is 0 Å². The highest BCUT2D eigenvalue weighted by Crippen LogP contribution is 2.22. The summed E-state index contributed by atoms with van der Waals surface area (Å²) in [6, 6.07) is 0. The van der Waals surface area contributed by atoms with Crippen molar-refractivity contribution in [3.8, 4) is 0 Å². The zero-order valence-electron chi connectivity index (χ0n) is 14.1. The second-order valence-electron chi connectivity index (χ2n) is 6.70. The van der Waals surface area contributed by atoms with Gasteiger partial charge in [0.15, 0.2) is 0 Å². The predicted molar refractivity (Wildman–Crippen MR) is 84.5 cm³/mol. The van der Waals surface area contributed by atoms with Gasteiger partial charge in [-0.1, -0.05) is 0 Å². The highest BCUT2D eigenvalue weighted by molar-refractivity contribution is 7.89. The molecule has 1 aliphatic rings. The van der Waals surface area contributed by atoms with Crippen LogP contribution >= 0.6 is 0 Å². The lowest BCUT2D eigenvalue weighted by Gasteiger charge is -2.35. The molecule has 0 radical (unpaired) electrons. The normalized spacial score (nSPS) is 18.2. The Bertz CT molecular complexity index is 693. The van der Waals surface area contributed by atoms with Crippen molar-refractivity contribution in [1.29, 1.82) is 0 Å². The van der Waals surface area contributed by atoms with Gasteiger partial charge in [0.05, 0.1) is 0 Å². The van der Waals surface area contributed by atoms with Gasteiger partial charge in [0.25, 0.3) is 16.0 Å². The van der Waals surface area contributed by atoms with E-state index < -0.39 is 49.3 Å². The second-order valence-corrected chi connectivity index (χ2v) is 10.1. The summed E-state index contributed by atoms with van der Waals surface area (Å²) in [5.41, 5.74) is -0.724. The standard InChI is InChI=1S/C12H22F2N2O7S2/c1-11(2,3)23-10(17)15-4-6-16(7-5-15)24(18,19)8-12(13,14)9-25(20,21)22/h4-9H2,1-3H3,(H,20,21,22). The quantitative estimate of drug-likeness (QED) is 0.653. The molecule has 0 bridgehead atoms. The third-order valence-corrected chi connectivity index (χ3v) is 5.80. The molecular formula is C12H22F2N2O7S2. The van der Waals surface area contributed by atoms with Gasteiger partial charge in [0.2, 0.25) is 10.0 Å². The van der Waals surface area contributed by atoms with E-state index in [0.717, 1.165) is 4.31 Å².